The van der Waals surface area contributed by atoms with Crippen LogP contribution in [0, 0.1) is 21.4 Å². The van der Waals surface area contributed by atoms with E-state index in [0.29, 0.717) is 5.41 Å². The van der Waals surface area contributed by atoms with Gasteiger partial charge in [0.2, 0.25) is 0 Å². The van der Waals surface area contributed by atoms with Gasteiger partial charge in [0.15, 0.2) is 0 Å². The summed E-state index contributed by atoms with van der Waals surface area (Å²) in [7, 11) is 0. The van der Waals surface area contributed by atoms with Crippen molar-refractivity contribution < 1.29 is 4.92 Å². The Morgan fingerprint density at radius 2 is 2.20 bits per heavy atom. The van der Waals surface area contributed by atoms with E-state index in [1.165, 1.54) is 6.42 Å². The Balaban J connectivity index is 2.03. The van der Waals surface area contributed by atoms with Crippen molar-refractivity contribution in [1.82, 2.24) is 5.32 Å². The van der Waals surface area contributed by atoms with Crippen LogP contribution in [-0.2, 0) is 0 Å². The number of nitrogens with one attached hydrogen (secondary N) is 1. The fourth-order valence-electron chi connectivity index (χ4n) is 2.74. The Bertz CT molecular complexity index is 485. The molecule has 4 heteroatoms. The Kier molecular flexibility index (Phi) is 4.43. The molecular formula is C16H24N2O2. The van der Waals surface area contributed by atoms with E-state index >= 15 is 0 Å². The molecule has 0 aromatic heterocycles. The molecule has 2 atom stereocenters. The van der Waals surface area contributed by atoms with Gasteiger partial charge < -0.3 is 5.32 Å². The highest BCUT2D eigenvalue weighted by atomic mass is 16.6. The SMILES string of the molecule is CCCC(NCC1CC1(C)C)c1cccc([N+](=O)[O-])c1. The van der Waals surface area contributed by atoms with E-state index in [2.05, 4.69) is 26.1 Å². The van der Waals surface area contributed by atoms with Crippen LogP contribution in [0.3, 0.4) is 0 Å². The second-order valence-corrected chi connectivity index (χ2v) is 6.49. The number of hydrogen-bond acceptors (Lipinski definition) is 3. The number of hydrogen-bond donors (Lipinski definition) is 1. The first-order chi connectivity index (χ1) is 9.44. The third-order valence-corrected chi connectivity index (χ3v) is 4.39. The molecule has 0 saturated heterocycles. The lowest BCUT2D eigenvalue weighted by atomic mass is 10.0. The van der Waals surface area contributed by atoms with Crippen molar-refractivity contribution in [2.24, 2.45) is 11.3 Å². The van der Waals surface area contributed by atoms with Gasteiger partial charge in [-0.05, 0) is 36.3 Å². The summed E-state index contributed by atoms with van der Waals surface area (Å²) in [6.07, 6.45) is 3.34. The third kappa shape index (κ3) is 3.57. The third-order valence-electron chi connectivity index (χ3n) is 4.39. The highest BCUT2D eigenvalue weighted by molar-refractivity contribution is 5.35. The summed E-state index contributed by atoms with van der Waals surface area (Å²) in [4.78, 5) is 10.6. The van der Waals surface area contributed by atoms with Crippen molar-refractivity contribution in [3.05, 3.63) is 39.9 Å². The average molecular weight is 276 g/mol. The number of benzene rings is 1. The van der Waals surface area contributed by atoms with E-state index < -0.39 is 0 Å². The van der Waals surface area contributed by atoms with Crippen LogP contribution in [0.2, 0.25) is 0 Å². The van der Waals surface area contributed by atoms with Crippen LogP contribution < -0.4 is 5.32 Å². The van der Waals surface area contributed by atoms with Gasteiger partial charge in [0.1, 0.15) is 0 Å². The van der Waals surface area contributed by atoms with Gasteiger partial charge in [-0.2, -0.15) is 0 Å². The monoisotopic (exact) mass is 276 g/mol. The van der Waals surface area contributed by atoms with Gasteiger partial charge in [-0.3, -0.25) is 10.1 Å². The summed E-state index contributed by atoms with van der Waals surface area (Å²) in [5.74, 6) is 0.737. The first-order valence-electron chi connectivity index (χ1n) is 7.42. The zero-order valence-electron chi connectivity index (χ0n) is 12.6. The van der Waals surface area contributed by atoms with Gasteiger partial charge in [-0.15, -0.1) is 0 Å². The second-order valence-electron chi connectivity index (χ2n) is 6.49. The van der Waals surface area contributed by atoms with Crippen LogP contribution in [-0.4, -0.2) is 11.5 Å². The average Bonchev–Trinajstić information content (AvgIpc) is 3.02. The Labute approximate surface area is 120 Å². The first-order valence-corrected chi connectivity index (χ1v) is 7.42. The zero-order valence-corrected chi connectivity index (χ0v) is 12.6. The molecule has 2 unspecified atom stereocenters. The van der Waals surface area contributed by atoms with Gasteiger partial charge in [0.05, 0.1) is 4.92 Å². The molecule has 20 heavy (non-hydrogen) atoms. The molecule has 2 rings (SSSR count). The minimum Gasteiger partial charge on any atom is -0.310 e. The first kappa shape index (κ1) is 15.0. The summed E-state index contributed by atoms with van der Waals surface area (Å²) < 4.78 is 0. The molecule has 0 radical (unpaired) electrons. The maximum absolute atomic E-state index is 10.9. The van der Waals surface area contributed by atoms with Crippen LogP contribution in [0.5, 0.6) is 0 Å². The number of nitrogens with zero attached hydrogens (tertiary/aromatic N) is 1. The number of nitro groups is 1. The normalized spacial score (nSPS) is 21.4. The van der Waals surface area contributed by atoms with Crippen molar-refractivity contribution in [1.29, 1.82) is 0 Å². The zero-order chi connectivity index (χ0) is 14.8. The summed E-state index contributed by atoms with van der Waals surface area (Å²) in [5, 5.41) is 14.5. The molecular weight excluding hydrogens is 252 g/mol. The summed E-state index contributed by atoms with van der Waals surface area (Å²) in [5.41, 5.74) is 1.67. The molecule has 0 spiro atoms. The highest BCUT2D eigenvalue weighted by Crippen LogP contribution is 2.51. The van der Waals surface area contributed by atoms with E-state index in [0.717, 1.165) is 30.9 Å². The minimum atomic E-state index is -0.323. The van der Waals surface area contributed by atoms with Crippen molar-refractivity contribution in [3.8, 4) is 0 Å². The summed E-state index contributed by atoms with van der Waals surface area (Å²) in [6, 6.07) is 7.23. The molecule has 4 nitrogen and oxygen atoms in total. The van der Waals surface area contributed by atoms with Gasteiger partial charge in [0, 0.05) is 18.2 Å². The van der Waals surface area contributed by atoms with Gasteiger partial charge in [-0.1, -0.05) is 39.3 Å². The molecule has 0 aliphatic heterocycles. The lowest BCUT2D eigenvalue weighted by Gasteiger charge is -2.19. The summed E-state index contributed by atoms with van der Waals surface area (Å²) in [6.45, 7) is 7.73. The molecule has 1 aromatic rings. The molecule has 1 saturated carbocycles. The standard InChI is InChI=1S/C16H24N2O2/c1-4-6-15(17-11-13-10-16(13,2)3)12-7-5-8-14(9-12)18(19)20/h5,7-9,13,15,17H,4,6,10-11H2,1-3H3. The second kappa shape index (κ2) is 5.92. The molecule has 1 aliphatic carbocycles. The molecule has 1 N–H and O–H groups in total. The molecule has 0 bridgehead atoms. The van der Waals surface area contributed by atoms with Crippen LogP contribution in [0.1, 0.15) is 51.6 Å². The quantitative estimate of drug-likeness (QED) is 0.603. The summed E-state index contributed by atoms with van der Waals surface area (Å²) >= 11 is 0. The van der Waals surface area contributed by atoms with E-state index in [9.17, 15) is 10.1 Å². The van der Waals surface area contributed by atoms with Crippen molar-refractivity contribution in [3.63, 3.8) is 0 Å². The fourth-order valence-corrected chi connectivity index (χ4v) is 2.74. The maximum atomic E-state index is 10.9. The van der Waals surface area contributed by atoms with Gasteiger partial charge in [-0.25, -0.2) is 0 Å². The topological polar surface area (TPSA) is 55.2 Å². The lowest BCUT2D eigenvalue weighted by Crippen LogP contribution is -2.24. The Hall–Kier alpha value is -1.42. The van der Waals surface area contributed by atoms with Crippen LogP contribution in [0.15, 0.2) is 24.3 Å². The molecule has 1 aliphatic rings. The van der Waals surface area contributed by atoms with Crippen LogP contribution in [0.25, 0.3) is 0 Å². The Morgan fingerprint density at radius 1 is 1.50 bits per heavy atom. The Morgan fingerprint density at radius 3 is 2.75 bits per heavy atom. The van der Waals surface area contributed by atoms with E-state index in [1.807, 2.05) is 6.07 Å². The number of non-ortho nitro benzene ring substituents is 1. The predicted molar refractivity (Wildman–Crippen MR) is 80.6 cm³/mol. The fraction of sp³-hybridized carbons (Fsp3) is 0.625. The molecule has 0 amide bonds. The highest BCUT2D eigenvalue weighted by Gasteiger charge is 2.45. The molecule has 1 aromatic carbocycles. The number of rotatable bonds is 7. The van der Waals surface area contributed by atoms with Gasteiger partial charge >= 0.3 is 0 Å². The van der Waals surface area contributed by atoms with E-state index in [-0.39, 0.29) is 16.7 Å². The van der Waals surface area contributed by atoms with Crippen molar-refractivity contribution in [2.45, 2.75) is 46.1 Å². The van der Waals surface area contributed by atoms with Gasteiger partial charge in [0.25, 0.3) is 5.69 Å². The molecule has 0 heterocycles. The number of nitro benzene ring substituents is 1. The predicted octanol–water partition coefficient (Wildman–Crippen LogP) is 4.07. The maximum Gasteiger partial charge on any atom is 0.269 e. The van der Waals surface area contributed by atoms with E-state index in [1.54, 1.807) is 18.2 Å². The van der Waals surface area contributed by atoms with E-state index in [4.69, 9.17) is 0 Å². The van der Waals surface area contributed by atoms with Crippen molar-refractivity contribution in [2.75, 3.05) is 6.54 Å². The van der Waals surface area contributed by atoms with Crippen LogP contribution >= 0.6 is 0 Å². The van der Waals surface area contributed by atoms with Crippen LogP contribution in [0.4, 0.5) is 5.69 Å². The molecule has 1 fully saturated rings. The van der Waals surface area contributed by atoms with Crippen molar-refractivity contribution >= 4 is 5.69 Å². The lowest BCUT2D eigenvalue weighted by molar-refractivity contribution is -0.384. The smallest absolute Gasteiger partial charge is 0.269 e. The largest absolute Gasteiger partial charge is 0.310 e. The minimum absolute atomic E-state index is 0.178. The molecule has 110 valence electrons.